The fourth-order valence-electron chi connectivity index (χ4n) is 1.71. The van der Waals surface area contributed by atoms with Crippen molar-refractivity contribution >= 4 is 39.5 Å². The van der Waals surface area contributed by atoms with Crippen LogP contribution in [-0.4, -0.2) is 24.5 Å². The van der Waals surface area contributed by atoms with E-state index in [1.807, 2.05) is 5.32 Å². The van der Waals surface area contributed by atoms with Gasteiger partial charge in [0, 0.05) is 4.47 Å². The molecule has 124 valence electrons. The van der Waals surface area contributed by atoms with Gasteiger partial charge in [-0.05, 0) is 30.3 Å². The lowest BCUT2D eigenvalue weighted by atomic mass is 10.2. The fraction of sp³-hybridized carbons (Fsp3) is 0.0625. The molecule has 0 saturated carbocycles. The summed E-state index contributed by atoms with van der Waals surface area (Å²) in [5.74, 6) is -2.19. The number of urea groups is 1. The van der Waals surface area contributed by atoms with Gasteiger partial charge >= 0.3 is 12.0 Å². The Kier molecular flexibility index (Phi) is 6.02. The third-order valence-electron chi connectivity index (χ3n) is 2.77. The molecule has 0 aliphatic carbocycles. The maximum atomic E-state index is 13.4. The Hall–Kier alpha value is -2.74. The minimum absolute atomic E-state index is 0.0751. The highest BCUT2D eigenvalue weighted by molar-refractivity contribution is 9.10. The van der Waals surface area contributed by atoms with Crippen LogP contribution in [0.2, 0.25) is 0 Å². The topological polar surface area (TPSA) is 84.5 Å². The Labute approximate surface area is 145 Å². The van der Waals surface area contributed by atoms with Gasteiger partial charge in [0.25, 0.3) is 5.91 Å². The fourth-order valence-corrected chi connectivity index (χ4v) is 2.11. The van der Waals surface area contributed by atoms with Crippen LogP contribution in [0.5, 0.6) is 0 Å². The van der Waals surface area contributed by atoms with Gasteiger partial charge in [0.1, 0.15) is 5.82 Å². The molecule has 0 radical (unpaired) electrons. The van der Waals surface area contributed by atoms with Crippen molar-refractivity contribution in [1.29, 1.82) is 0 Å². The first-order valence-electron chi connectivity index (χ1n) is 6.74. The van der Waals surface area contributed by atoms with Gasteiger partial charge in [-0.25, -0.2) is 14.0 Å². The van der Waals surface area contributed by atoms with Crippen LogP contribution >= 0.6 is 15.9 Å². The van der Waals surface area contributed by atoms with Crippen molar-refractivity contribution in [3.63, 3.8) is 0 Å². The van der Waals surface area contributed by atoms with E-state index in [0.717, 1.165) is 6.07 Å². The van der Waals surface area contributed by atoms with Gasteiger partial charge in [-0.1, -0.05) is 34.1 Å². The Bertz CT molecular complexity index is 782. The molecule has 2 rings (SSSR count). The number of nitrogens with one attached hydrogen (secondary N) is 2. The van der Waals surface area contributed by atoms with Crippen LogP contribution in [0, 0.1) is 5.82 Å². The van der Waals surface area contributed by atoms with Crippen molar-refractivity contribution in [3.05, 3.63) is 64.4 Å². The lowest BCUT2D eigenvalue weighted by molar-refractivity contribution is -0.123. The molecular formula is C16H12BrFN2O4. The monoisotopic (exact) mass is 394 g/mol. The number of amides is 3. The molecule has 2 N–H and O–H groups in total. The molecule has 6 nitrogen and oxygen atoms in total. The molecule has 0 bridgehead atoms. The van der Waals surface area contributed by atoms with Crippen LogP contribution in [0.15, 0.2) is 53.0 Å². The number of carbonyl (C=O) groups is 3. The van der Waals surface area contributed by atoms with Crippen molar-refractivity contribution in [2.75, 3.05) is 11.9 Å². The first-order valence-corrected chi connectivity index (χ1v) is 7.53. The Morgan fingerprint density at radius 3 is 2.54 bits per heavy atom. The van der Waals surface area contributed by atoms with Gasteiger partial charge in [-0.15, -0.1) is 0 Å². The summed E-state index contributed by atoms with van der Waals surface area (Å²) in [4.78, 5) is 34.9. The van der Waals surface area contributed by atoms with Gasteiger partial charge < -0.3 is 10.1 Å². The summed E-state index contributed by atoms with van der Waals surface area (Å²) >= 11 is 3.21. The summed E-state index contributed by atoms with van der Waals surface area (Å²) < 4.78 is 18.8. The number of rotatable bonds is 4. The smallest absolute Gasteiger partial charge is 0.338 e. The predicted molar refractivity (Wildman–Crippen MR) is 88.0 cm³/mol. The molecule has 24 heavy (non-hydrogen) atoms. The van der Waals surface area contributed by atoms with Crippen molar-refractivity contribution in [2.45, 2.75) is 0 Å². The zero-order valence-corrected chi connectivity index (χ0v) is 13.8. The largest absolute Gasteiger partial charge is 0.452 e. The second-order valence-electron chi connectivity index (χ2n) is 4.57. The highest BCUT2D eigenvalue weighted by Crippen LogP contribution is 2.13. The van der Waals surface area contributed by atoms with Crippen molar-refractivity contribution < 1.29 is 23.5 Å². The molecule has 0 heterocycles. The summed E-state index contributed by atoms with van der Waals surface area (Å²) in [6.07, 6.45) is 0. The lowest BCUT2D eigenvalue weighted by Gasteiger charge is -2.08. The number of para-hydroxylation sites is 1. The van der Waals surface area contributed by atoms with Crippen molar-refractivity contribution in [1.82, 2.24) is 5.32 Å². The summed E-state index contributed by atoms with van der Waals surface area (Å²) in [6.45, 7) is -0.643. The molecule has 0 aromatic heterocycles. The second-order valence-corrected chi connectivity index (χ2v) is 5.48. The maximum Gasteiger partial charge on any atom is 0.338 e. The summed E-state index contributed by atoms with van der Waals surface area (Å²) in [5.41, 5.74) is 0.182. The molecule has 0 unspecified atom stereocenters. The molecule has 2 aromatic rings. The van der Waals surface area contributed by atoms with Gasteiger partial charge in [-0.3, -0.25) is 10.1 Å². The van der Waals surface area contributed by atoms with Crippen molar-refractivity contribution in [3.8, 4) is 0 Å². The average molecular weight is 395 g/mol. The third-order valence-corrected chi connectivity index (χ3v) is 3.26. The molecule has 0 atom stereocenters. The molecule has 0 saturated heterocycles. The quantitative estimate of drug-likeness (QED) is 0.780. The molecule has 0 aliphatic rings. The van der Waals surface area contributed by atoms with Gasteiger partial charge in [0.2, 0.25) is 0 Å². The van der Waals surface area contributed by atoms with E-state index in [2.05, 4.69) is 21.2 Å². The molecule has 8 heteroatoms. The van der Waals surface area contributed by atoms with Crippen LogP contribution in [0.1, 0.15) is 10.4 Å². The minimum Gasteiger partial charge on any atom is -0.452 e. The highest BCUT2D eigenvalue weighted by Gasteiger charge is 2.13. The van der Waals surface area contributed by atoms with Crippen LogP contribution in [0.25, 0.3) is 0 Å². The zero-order chi connectivity index (χ0) is 17.5. The second kappa shape index (κ2) is 8.21. The van der Waals surface area contributed by atoms with E-state index < -0.39 is 30.3 Å². The number of benzene rings is 2. The number of imide groups is 1. The van der Waals surface area contributed by atoms with E-state index in [-0.39, 0.29) is 11.3 Å². The van der Waals surface area contributed by atoms with Crippen molar-refractivity contribution in [2.24, 2.45) is 0 Å². The Balaban J connectivity index is 1.82. The standard InChI is InChI=1S/C16H12BrFN2O4/c17-11-5-3-4-10(8-11)15(22)24-9-14(21)20-16(23)19-13-7-2-1-6-12(13)18/h1-8H,9H2,(H2,19,20,21,23). The van der Waals surface area contributed by atoms with Crippen LogP contribution in [0.4, 0.5) is 14.9 Å². The van der Waals surface area contributed by atoms with Crippen LogP contribution < -0.4 is 10.6 Å². The Morgan fingerprint density at radius 2 is 1.83 bits per heavy atom. The SMILES string of the molecule is O=C(COC(=O)c1cccc(Br)c1)NC(=O)Nc1ccccc1F. The van der Waals surface area contributed by atoms with Crippen LogP contribution in [-0.2, 0) is 9.53 Å². The van der Waals surface area contributed by atoms with Gasteiger partial charge in [0.15, 0.2) is 6.61 Å². The van der Waals surface area contributed by atoms with Crippen LogP contribution in [0.3, 0.4) is 0 Å². The molecule has 2 aromatic carbocycles. The molecule has 0 aliphatic heterocycles. The van der Waals surface area contributed by atoms with E-state index in [1.54, 1.807) is 12.1 Å². The number of halogens is 2. The number of ether oxygens (including phenoxy) is 1. The summed E-state index contributed by atoms with van der Waals surface area (Å²) in [6, 6.07) is 11.0. The predicted octanol–water partition coefficient (Wildman–Crippen LogP) is 3.09. The molecule has 0 fully saturated rings. The lowest BCUT2D eigenvalue weighted by Crippen LogP contribution is -2.37. The van der Waals surface area contributed by atoms with E-state index in [9.17, 15) is 18.8 Å². The number of hydrogen-bond acceptors (Lipinski definition) is 4. The normalized spacial score (nSPS) is 9.92. The molecular weight excluding hydrogens is 383 g/mol. The van der Waals surface area contributed by atoms with Gasteiger partial charge in [0.05, 0.1) is 11.3 Å². The van der Waals surface area contributed by atoms with E-state index in [0.29, 0.717) is 4.47 Å². The van der Waals surface area contributed by atoms with E-state index in [1.165, 1.54) is 30.3 Å². The van der Waals surface area contributed by atoms with E-state index >= 15 is 0 Å². The maximum absolute atomic E-state index is 13.4. The number of esters is 1. The number of carbonyl (C=O) groups excluding carboxylic acids is 3. The first-order chi connectivity index (χ1) is 11.5. The first kappa shape index (κ1) is 17.6. The third kappa shape index (κ3) is 5.17. The zero-order valence-electron chi connectivity index (χ0n) is 12.2. The number of hydrogen-bond donors (Lipinski definition) is 2. The number of anilines is 1. The highest BCUT2D eigenvalue weighted by atomic mass is 79.9. The van der Waals surface area contributed by atoms with E-state index in [4.69, 9.17) is 4.74 Å². The molecule has 3 amide bonds. The summed E-state index contributed by atoms with van der Waals surface area (Å²) in [5, 5.41) is 4.11. The summed E-state index contributed by atoms with van der Waals surface area (Å²) in [7, 11) is 0. The minimum atomic E-state index is -0.927. The average Bonchev–Trinajstić information content (AvgIpc) is 2.54. The Morgan fingerprint density at radius 1 is 1.08 bits per heavy atom. The molecule has 0 spiro atoms. The van der Waals surface area contributed by atoms with Gasteiger partial charge in [-0.2, -0.15) is 0 Å².